The van der Waals surface area contributed by atoms with Gasteiger partial charge in [0.05, 0.1) is 18.3 Å². The molecule has 2 heterocycles. The number of aromatic nitrogens is 2. The van der Waals surface area contributed by atoms with Crippen molar-refractivity contribution in [1.29, 1.82) is 0 Å². The van der Waals surface area contributed by atoms with Crippen LogP contribution in [0.5, 0.6) is 0 Å². The van der Waals surface area contributed by atoms with E-state index in [1.807, 2.05) is 19.2 Å². The van der Waals surface area contributed by atoms with Crippen molar-refractivity contribution >= 4 is 23.1 Å². The van der Waals surface area contributed by atoms with Crippen molar-refractivity contribution in [1.82, 2.24) is 15.3 Å². The van der Waals surface area contributed by atoms with Crippen molar-refractivity contribution < 1.29 is 9.18 Å². The van der Waals surface area contributed by atoms with Crippen molar-refractivity contribution in [2.45, 2.75) is 20.4 Å². The molecule has 0 saturated carbocycles. The van der Waals surface area contributed by atoms with Gasteiger partial charge in [0, 0.05) is 17.6 Å². The molecule has 2 aromatic heterocycles. The van der Waals surface area contributed by atoms with E-state index in [9.17, 15) is 9.18 Å². The molecule has 0 radical (unpaired) electrons. The predicted octanol–water partition coefficient (Wildman–Crippen LogP) is 2.35. The predicted molar refractivity (Wildman–Crippen MR) is 76.4 cm³/mol. The third-order valence-electron chi connectivity index (χ3n) is 2.51. The molecule has 0 aliphatic heterocycles. The Balaban J connectivity index is 2.09. The van der Waals surface area contributed by atoms with Gasteiger partial charge < -0.3 is 10.6 Å². The molecule has 0 unspecified atom stereocenters. The first-order chi connectivity index (χ1) is 9.60. The maximum Gasteiger partial charge on any atom is 0.255 e. The highest BCUT2D eigenvalue weighted by Crippen LogP contribution is 2.14. The van der Waals surface area contributed by atoms with Gasteiger partial charge in [0.1, 0.15) is 16.6 Å². The van der Waals surface area contributed by atoms with Gasteiger partial charge in [-0.15, -0.1) is 11.3 Å². The number of hydrogen-bond acceptors (Lipinski definition) is 5. The minimum atomic E-state index is -0.540. The van der Waals surface area contributed by atoms with Crippen LogP contribution in [0.4, 0.5) is 10.2 Å². The summed E-state index contributed by atoms with van der Waals surface area (Å²) in [7, 11) is 0. The summed E-state index contributed by atoms with van der Waals surface area (Å²) < 4.78 is 13.2. The minimum Gasteiger partial charge on any atom is -0.370 e. The Hall–Kier alpha value is -2.02. The highest BCUT2D eigenvalue weighted by Gasteiger charge is 2.14. The number of carbonyl (C=O) groups excluding carboxylic acids is 1. The van der Waals surface area contributed by atoms with E-state index in [-0.39, 0.29) is 11.5 Å². The molecule has 0 aliphatic carbocycles. The molecule has 2 N–H and O–H groups in total. The van der Waals surface area contributed by atoms with Gasteiger partial charge in [-0.3, -0.25) is 4.79 Å². The van der Waals surface area contributed by atoms with Crippen LogP contribution in [0.2, 0.25) is 0 Å². The van der Waals surface area contributed by atoms with E-state index in [1.54, 1.807) is 0 Å². The fraction of sp³-hybridized carbons (Fsp3) is 0.308. The number of carbonyl (C=O) groups is 1. The second kappa shape index (κ2) is 6.42. The van der Waals surface area contributed by atoms with Crippen molar-refractivity contribution in [2.24, 2.45) is 0 Å². The van der Waals surface area contributed by atoms with Crippen LogP contribution in [-0.4, -0.2) is 22.4 Å². The summed E-state index contributed by atoms with van der Waals surface area (Å²) in [6.45, 7) is 4.69. The molecule has 7 heteroatoms. The molecule has 2 aromatic rings. The zero-order valence-electron chi connectivity index (χ0n) is 11.2. The summed E-state index contributed by atoms with van der Waals surface area (Å²) in [5.74, 6) is -0.538. The van der Waals surface area contributed by atoms with E-state index in [4.69, 9.17) is 0 Å². The van der Waals surface area contributed by atoms with Gasteiger partial charge in [-0.1, -0.05) is 0 Å². The second-order valence-electron chi connectivity index (χ2n) is 4.15. The van der Waals surface area contributed by atoms with Gasteiger partial charge in [0.25, 0.3) is 5.91 Å². The van der Waals surface area contributed by atoms with Crippen molar-refractivity contribution in [2.75, 3.05) is 11.9 Å². The van der Waals surface area contributed by atoms with Gasteiger partial charge in [-0.25, -0.2) is 14.4 Å². The number of amides is 1. The number of thiazole rings is 1. The molecule has 20 heavy (non-hydrogen) atoms. The lowest BCUT2D eigenvalue weighted by Crippen LogP contribution is -2.24. The highest BCUT2D eigenvalue weighted by atomic mass is 32.1. The standard InChI is InChI=1S/C13H15FN4OS/c1-3-15-12-10(4-9(14)5-16-12)13(19)17-6-11-18-8(2)7-20-11/h4-5,7H,3,6H2,1-2H3,(H,15,16)(H,17,19). The molecular formula is C13H15FN4OS. The highest BCUT2D eigenvalue weighted by molar-refractivity contribution is 7.09. The molecule has 5 nitrogen and oxygen atoms in total. The van der Waals surface area contributed by atoms with Crippen LogP contribution >= 0.6 is 11.3 Å². The average Bonchev–Trinajstić information content (AvgIpc) is 2.84. The van der Waals surface area contributed by atoms with E-state index in [2.05, 4.69) is 20.6 Å². The molecule has 0 bridgehead atoms. The van der Waals surface area contributed by atoms with E-state index >= 15 is 0 Å². The van der Waals surface area contributed by atoms with Crippen molar-refractivity contribution in [3.63, 3.8) is 0 Å². The Morgan fingerprint density at radius 2 is 2.30 bits per heavy atom. The Morgan fingerprint density at radius 1 is 1.50 bits per heavy atom. The molecule has 0 aromatic carbocycles. The molecule has 0 aliphatic rings. The van der Waals surface area contributed by atoms with Crippen molar-refractivity contribution in [3.05, 3.63) is 39.7 Å². The van der Waals surface area contributed by atoms with Crippen LogP contribution in [0.1, 0.15) is 28.0 Å². The summed E-state index contributed by atoms with van der Waals surface area (Å²) >= 11 is 1.47. The monoisotopic (exact) mass is 294 g/mol. The Bertz CT molecular complexity index is 614. The van der Waals surface area contributed by atoms with Crippen LogP contribution in [-0.2, 0) is 6.54 Å². The van der Waals surface area contributed by atoms with E-state index in [0.717, 1.165) is 16.9 Å². The van der Waals surface area contributed by atoms with E-state index < -0.39 is 5.82 Å². The summed E-state index contributed by atoms with van der Waals surface area (Å²) in [5.41, 5.74) is 1.11. The molecule has 0 saturated heterocycles. The normalized spacial score (nSPS) is 10.3. The Morgan fingerprint density at radius 3 is 2.95 bits per heavy atom. The zero-order chi connectivity index (χ0) is 14.5. The molecule has 2 rings (SSSR count). The largest absolute Gasteiger partial charge is 0.370 e. The number of pyridine rings is 1. The van der Waals surface area contributed by atoms with Crippen LogP contribution in [0.25, 0.3) is 0 Å². The van der Waals surface area contributed by atoms with Crippen LogP contribution in [0.15, 0.2) is 17.6 Å². The summed E-state index contributed by atoms with van der Waals surface area (Å²) in [6, 6.07) is 1.17. The van der Waals surface area contributed by atoms with Gasteiger partial charge in [0.2, 0.25) is 0 Å². The zero-order valence-corrected chi connectivity index (χ0v) is 12.1. The van der Waals surface area contributed by atoms with Crippen LogP contribution in [0, 0.1) is 12.7 Å². The first-order valence-corrected chi connectivity index (χ1v) is 7.06. The van der Waals surface area contributed by atoms with Crippen LogP contribution in [0.3, 0.4) is 0 Å². The molecule has 1 amide bonds. The molecule has 0 atom stereocenters. The molecule has 0 spiro atoms. The Kier molecular flexibility index (Phi) is 4.62. The Labute approximate surface area is 120 Å². The maximum absolute atomic E-state index is 13.2. The lowest BCUT2D eigenvalue weighted by atomic mass is 10.2. The number of anilines is 1. The summed E-state index contributed by atoms with van der Waals surface area (Å²) in [5, 5.41) is 8.37. The van der Waals surface area contributed by atoms with Gasteiger partial charge in [-0.05, 0) is 19.9 Å². The molecule has 0 fully saturated rings. The number of hydrogen-bond donors (Lipinski definition) is 2. The molecular weight excluding hydrogens is 279 g/mol. The first kappa shape index (κ1) is 14.4. The van der Waals surface area contributed by atoms with Crippen molar-refractivity contribution in [3.8, 4) is 0 Å². The fourth-order valence-corrected chi connectivity index (χ4v) is 2.37. The number of nitrogens with one attached hydrogen (secondary N) is 2. The van der Waals surface area contributed by atoms with E-state index in [1.165, 1.54) is 17.4 Å². The minimum absolute atomic E-state index is 0.195. The summed E-state index contributed by atoms with van der Waals surface area (Å²) in [6.07, 6.45) is 1.08. The van der Waals surface area contributed by atoms with Gasteiger partial charge in [0.15, 0.2) is 0 Å². The molecule has 106 valence electrons. The summed E-state index contributed by atoms with van der Waals surface area (Å²) in [4.78, 5) is 20.2. The van der Waals surface area contributed by atoms with E-state index in [0.29, 0.717) is 18.9 Å². The lowest BCUT2D eigenvalue weighted by molar-refractivity contribution is 0.0951. The second-order valence-corrected chi connectivity index (χ2v) is 5.09. The smallest absolute Gasteiger partial charge is 0.255 e. The quantitative estimate of drug-likeness (QED) is 0.888. The number of nitrogens with zero attached hydrogens (tertiary/aromatic N) is 2. The third kappa shape index (κ3) is 3.51. The SMILES string of the molecule is CCNc1ncc(F)cc1C(=O)NCc1nc(C)cs1. The third-order valence-corrected chi connectivity index (χ3v) is 3.48. The van der Waals surface area contributed by atoms with Gasteiger partial charge >= 0.3 is 0 Å². The van der Waals surface area contributed by atoms with Crippen LogP contribution < -0.4 is 10.6 Å². The maximum atomic E-state index is 13.2. The first-order valence-electron chi connectivity index (χ1n) is 6.18. The fourth-order valence-electron chi connectivity index (χ4n) is 1.66. The number of rotatable bonds is 5. The number of halogens is 1. The topological polar surface area (TPSA) is 66.9 Å². The number of aryl methyl sites for hydroxylation is 1. The average molecular weight is 294 g/mol. The lowest BCUT2D eigenvalue weighted by Gasteiger charge is -2.09. The van der Waals surface area contributed by atoms with Gasteiger partial charge in [-0.2, -0.15) is 0 Å².